The second kappa shape index (κ2) is 7.49. The molecule has 1 aromatic carbocycles. The molecule has 0 unspecified atom stereocenters. The van der Waals surface area contributed by atoms with Crippen LogP contribution < -0.4 is 0 Å². The number of hydrogen-bond donors (Lipinski definition) is 0. The van der Waals surface area contributed by atoms with Crippen molar-refractivity contribution in [2.45, 2.75) is 20.3 Å². The quantitative estimate of drug-likeness (QED) is 0.600. The summed E-state index contributed by atoms with van der Waals surface area (Å²) in [6.45, 7) is 3.66. The second-order valence-electron chi connectivity index (χ2n) is 4.86. The van der Waals surface area contributed by atoms with Crippen LogP contribution in [0.4, 0.5) is 0 Å². The smallest absolute Gasteiger partial charge is 0.268 e. The van der Waals surface area contributed by atoms with E-state index in [9.17, 15) is 13.7 Å². The molecule has 0 spiro atoms. The maximum atomic E-state index is 11.6. The van der Waals surface area contributed by atoms with Crippen LogP contribution in [0.25, 0.3) is 5.57 Å². The van der Waals surface area contributed by atoms with E-state index in [0.29, 0.717) is 22.6 Å². The van der Waals surface area contributed by atoms with Crippen LogP contribution in [0.2, 0.25) is 0 Å². The molecule has 0 fully saturated rings. The van der Waals surface area contributed by atoms with Gasteiger partial charge in [0.05, 0.1) is 16.2 Å². The van der Waals surface area contributed by atoms with E-state index < -0.39 is 10.1 Å². The Labute approximate surface area is 140 Å². The minimum atomic E-state index is -3.68. The minimum Gasteiger partial charge on any atom is -0.268 e. The fraction of sp³-hybridized carbons (Fsp3) is 0.250. The van der Waals surface area contributed by atoms with Crippen LogP contribution in [0.1, 0.15) is 24.5 Å². The molecule has 1 aliphatic heterocycles. The average molecular weight is 348 g/mol. The standard InChI is InChI=1S/C16H16N2O3S2/c1-3-10-23(19,20)21-18-15-8-9-22-16(15)14(11-17)13-7-5-4-6-12(13)2/h4-9H,3,10H2,1-2H3/b16-14-,18-15-. The Bertz CT molecular complexity index is 831. The van der Waals surface area contributed by atoms with Crippen LogP contribution in [0, 0.1) is 18.3 Å². The third-order valence-electron chi connectivity index (χ3n) is 3.10. The van der Waals surface area contributed by atoms with E-state index in [-0.39, 0.29) is 5.75 Å². The molecule has 0 bridgehead atoms. The monoisotopic (exact) mass is 348 g/mol. The summed E-state index contributed by atoms with van der Waals surface area (Å²) in [5, 5.41) is 15.0. The first-order valence-corrected chi connectivity index (χ1v) is 9.47. The highest BCUT2D eigenvalue weighted by molar-refractivity contribution is 8.07. The van der Waals surface area contributed by atoms with Crippen molar-refractivity contribution in [1.29, 1.82) is 5.26 Å². The normalized spacial score (nSPS) is 18.0. The van der Waals surface area contributed by atoms with E-state index in [1.54, 1.807) is 18.4 Å². The zero-order chi connectivity index (χ0) is 16.9. The van der Waals surface area contributed by atoms with Gasteiger partial charge in [-0.25, -0.2) is 0 Å². The topological polar surface area (TPSA) is 79.5 Å². The van der Waals surface area contributed by atoms with Crippen molar-refractivity contribution in [3.8, 4) is 6.07 Å². The summed E-state index contributed by atoms with van der Waals surface area (Å²) in [5.41, 5.74) is 2.55. The third-order valence-corrected chi connectivity index (χ3v) is 5.23. The molecule has 0 N–H and O–H groups in total. The van der Waals surface area contributed by atoms with Crippen molar-refractivity contribution in [2.24, 2.45) is 5.16 Å². The lowest BCUT2D eigenvalue weighted by Gasteiger charge is -2.07. The lowest BCUT2D eigenvalue weighted by molar-refractivity contribution is 0.339. The minimum absolute atomic E-state index is 0.0947. The lowest BCUT2D eigenvalue weighted by atomic mass is 10.0. The lowest BCUT2D eigenvalue weighted by Crippen LogP contribution is -2.08. The van der Waals surface area contributed by atoms with Gasteiger partial charge in [0.25, 0.3) is 0 Å². The highest BCUT2D eigenvalue weighted by atomic mass is 32.2. The summed E-state index contributed by atoms with van der Waals surface area (Å²) in [5.74, 6) is -0.0947. The van der Waals surface area contributed by atoms with E-state index >= 15 is 0 Å². The molecule has 0 saturated heterocycles. The van der Waals surface area contributed by atoms with Crippen molar-refractivity contribution in [3.63, 3.8) is 0 Å². The molecule has 0 aliphatic carbocycles. The molecule has 7 heteroatoms. The Morgan fingerprint density at radius 3 is 2.78 bits per heavy atom. The number of hydrogen-bond acceptors (Lipinski definition) is 6. The molecule has 1 heterocycles. The van der Waals surface area contributed by atoms with Crippen LogP contribution in [0.5, 0.6) is 0 Å². The molecule has 0 amide bonds. The Hall–Kier alpha value is -2.04. The average Bonchev–Trinajstić information content (AvgIpc) is 2.96. The van der Waals surface area contributed by atoms with E-state index in [1.807, 2.05) is 31.2 Å². The highest BCUT2D eigenvalue weighted by Crippen LogP contribution is 2.34. The van der Waals surface area contributed by atoms with Crippen LogP contribution in [0.3, 0.4) is 0 Å². The Morgan fingerprint density at radius 2 is 2.13 bits per heavy atom. The summed E-state index contributed by atoms with van der Waals surface area (Å²) in [6.07, 6.45) is 2.09. The van der Waals surface area contributed by atoms with Gasteiger partial charge in [-0.3, -0.25) is 4.28 Å². The number of nitriles is 1. The first kappa shape index (κ1) is 17.3. The molecule has 1 aliphatic rings. The SMILES string of the molecule is CCCS(=O)(=O)O/N=C1/C=CS/C1=C(/C#N)c1ccccc1C. The molecular weight excluding hydrogens is 332 g/mol. The Kier molecular flexibility index (Phi) is 5.64. The van der Waals surface area contributed by atoms with Gasteiger partial charge in [0.15, 0.2) is 0 Å². The third kappa shape index (κ3) is 4.24. The number of rotatable bonds is 5. The number of oxime groups is 1. The van der Waals surface area contributed by atoms with Crippen molar-refractivity contribution in [3.05, 3.63) is 51.8 Å². The van der Waals surface area contributed by atoms with Gasteiger partial charge < -0.3 is 0 Å². The van der Waals surface area contributed by atoms with Gasteiger partial charge in [-0.2, -0.15) is 13.7 Å². The number of aryl methyl sites for hydroxylation is 1. The Balaban J connectivity index is 2.41. The van der Waals surface area contributed by atoms with Crippen molar-refractivity contribution in [1.82, 2.24) is 0 Å². The van der Waals surface area contributed by atoms with Crippen molar-refractivity contribution >= 4 is 33.2 Å². The van der Waals surface area contributed by atoms with Crippen molar-refractivity contribution in [2.75, 3.05) is 5.75 Å². The zero-order valence-corrected chi connectivity index (χ0v) is 14.4. The number of thioether (sulfide) groups is 1. The number of benzene rings is 1. The molecule has 2 rings (SSSR count). The fourth-order valence-corrected chi connectivity index (χ4v) is 3.63. The van der Waals surface area contributed by atoms with E-state index in [1.165, 1.54) is 11.8 Å². The van der Waals surface area contributed by atoms with Gasteiger partial charge in [0.1, 0.15) is 11.8 Å². The van der Waals surface area contributed by atoms with E-state index in [0.717, 1.165) is 11.1 Å². The van der Waals surface area contributed by atoms with Gasteiger partial charge >= 0.3 is 10.1 Å². The molecule has 0 atom stereocenters. The van der Waals surface area contributed by atoms with E-state index in [4.69, 9.17) is 4.28 Å². The number of nitrogens with zero attached hydrogens (tertiary/aromatic N) is 2. The zero-order valence-electron chi connectivity index (χ0n) is 12.8. The summed E-state index contributed by atoms with van der Waals surface area (Å²) in [4.78, 5) is 0.591. The largest absolute Gasteiger partial charge is 0.328 e. The van der Waals surface area contributed by atoms with Gasteiger partial charge in [-0.05, 0) is 36.0 Å². The van der Waals surface area contributed by atoms with Crippen LogP contribution in [-0.2, 0) is 14.4 Å². The molecular formula is C16H16N2O3S2. The van der Waals surface area contributed by atoms with E-state index in [2.05, 4.69) is 11.2 Å². The first-order valence-electron chi connectivity index (χ1n) is 7.01. The summed E-state index contributed by atoms with van der Waals surface area (Å²) >= 11 is 1.32. The maximum absolute atomic E-state index is 11.6. The molecule has 0 saturated carbocycles. The van der Waals surface area contributed by atoms with Gasteiger partial charge in [0, 0.05) is 0 Å². The predicted molar refractivity (Wildman–Crippen MR) is 93.0 cm³/mol. The van der Waals surface area contributed by atoms with Crippen LogP contribution >= 0.6 is 11.8 Å². The summed E-state index contributed by atoms with van der Waals surface area (Å²) < 4.78 is 27.9. The van der Waals surface area contributed by atoms with Crippen LogP contribution in [0.15, 0.2) is 45.8 Å². The van der Waals surface area contributed by atoms with Gasteiger partial charge in [0.2, 0.25) is 0 Å². The highest BCUT2D eigenvalue weighted by Gasteiger charge is 2.20. The first-order chi connectivity index (χ1) is 11.0. The fourth-order valence-electron chi connectivity index (χ4n) is 2.03. The van der Waals surface area contributed by atoms with Crippen LogP contribution in [-0.4, -0.2) is 19.9 Å². The van der Waals surface area contributed by atoms with Crippen molar-refractivity contribution < 1.29 is 12.7 Å². The molecule has 120 valence electrons. The molecule has 23 heavy (non-hydrogen) atoms. The molecule has 5 nitrogen and oxygen atoms in total. The Morgan fingerprint density at radius 1 is 1.39 bits per heavy atom. The maximum Gasteiger partial charge on any atom is 0.328 e. The second-order valence-corrected chi connectivity index (χ2v) is 7.45. The molecule has 0 aromatic heterocycles. The summed E-state index contributed by atoms with van der Waals surface area (Å²) in [6, 6.07) is 9.71. The molecule has 1 aromatic rings. The number of allylic oxidation sites excluding steroid dienone is 3. The van der Waals surface area contributed by atoms with Gasteiger partial charge in [-0.15, -0.1) is 0 Å². The summed E-state index contributed by atoms with van der Waals surface area (Å²) in [7, 11) is -3.68. The predicted octanol–water partition coefficient (Wildman–Crippen LogP) is 3.60. The molecule has 0 radical (unpaired) electrons. The van der Waals surface area contributed by atoms with Gasteiger partial charge in [-0.1, -0.05) is 48.1 Å².